The van der Waals surface area contributed by atoms with Crippen molar-refractivity contribution in [2.45, 2.75) is 174 Å². The Morgan fingerprint density at radius 3 is 1.50 bits per heavy atom. The summed E-state index contributed by atoms with van der Waals surface area (Å²) in [6, 6.07) is -1.49. The smallest absolute Gasteiger partial charge is 0.472 e. The van der Waals surface area contributed by atoms with Gasteiger partial charge in [-0.15, -0.1) is 0 Å². The minimum atomic E-state index is -4.64. The van der Waals surface area contributed by atoms with Crippen molar-refractivity contribution in [1.29, 1.82) is 0 Å². The van der Waals surface area contributed by atoms with Gasteiger partial charge in [0.25, 0.3) is 0 Å². The number of carbonyl (C=O) groups excluding carboxylic acids is 1. The molecule has 0 aliphatic carbocycles. The zero-order chi connectivity index (χ0) is 42.6. The van der Waals surface area contributed by atoms with E-state index in [0.29, 0.717) is 13.0 Å². The number of unbranched alkanes of at least 4 members (excludes halogenated alkanes) is 13. The van der Waals surface area contributed by atoms with Crippen LogP contribution in [-0.4, -0.2) is 60.5 Å². The summed E-state index contributed by atoms with van der Waals surface area (Å²) in [5.41, 5.74) is 5.35. The molecule has 0 bridgehead atoms. The van der Waals surface area contributed by atoms with Crippen LogP contribution >= 0.6 is 7.82 Å². The van der Waals surface area contributed by atoms with E-state index in [0.717, 1.165) is 83.5 Å². The first kappa shape index (κ1) is 55.2. The number of hydrogen-bond donors (Lipinski definition) is 3. The highest BCUT2D eigenvalue weighted by Gasteiger charge is 2.27. The monoisotopic (exact) mass is 834 g/mol. The summed E-state index contributed by atoms with van der Waals surface area (Å²) >= 11 is 0. The number of allylic oxidation sites excluding steroid dienone is 14. The fourth-order valence-corrected chi connectivity index (χ4v) is 6.26. The van der Waals surface area contributed by atoms with Gasteiger partial charge >= 0.3 is 19.8 Å². The van der Waals surface area contributed by atoms with Gasteiger partial charge in [0.2, 0.25) is 0 Å². The van der Waals surface area contributed by atoms with Crippen molar-refractivity contribution in [1.82, 2.24) is 0 Å². The highest BCUT2D eigenvalue weighted by atomic mass is 31.2. The van der Waals surface area contributed by atoms with Gasteiger partial charge in [0.05, 0.1) is 19.8 Å². The van der Waals surface area contributed by atoms with E-state index in [1.807, 2.05) is 0 Å². The number of rotatable bonds is 41. The predicted molar refractivity (Wildman–Crippen MR) is 240 cm³/mol. The van der Waals surface area contributed by atoms with Crippen molar-refractivity contribution in [3.8, 4) is 0 Å². The quantitative estimate of drug-likeness (QED) is 0.0235. The second-order valence-corrected chi connectivity index (χ2v) is 15.9. The Morgan fingerprint density at radius 1 is 0.569 bits per heavy atom. The number of esters is 1. The Bertz CT molecular complexity index is 1240. The van der Waals surface area contributed by atoms with E-state index in [2.05, 4.69) is 98.9 Å². The Kier molecular flexibility index (Phi) is 40.2. The Hall–Kier alpha value is -2.85. The fraction of sp³-hybridized carbons (Fsp3) is 0.660. The van der Waals surface area contributed by atoms with Crippen LogP contribution in [0.15, 0.2) is 85.1 Å². The molecule has 0 spiro atoms. The molecular formula is C47H80NO9P. The summed E-state index contributed by atoms with van der Waals surface area (Å²) in [6.07, 6.45) is 53.5. The Labute approximate surface area is 352 Å². The summed E-state index contributed by atoms with van der Waals surface area (Å²) < 4.78 is 33.3. The highest BCUT2D eigenvalue weighted by Crippen LogP contribution is 2.43. The summed E-state index contributed by atoms with van der Waals surface area (Å²) in [5, 5.41) is 8.90. The van der Waals surface area contributed by atoms with Gasteiger partial charge in [0.1, 0.15) is 12.1 Å². The number of ether oxygens (including phenoxy) is 2. The van der Waals surface area contributed by atoms with Crippen LogP contribution in [-0.2, 0) is 32.7 Å². The number of nitrogens with two attached hydrogens (primary N) is 1. The maximum Gasteiger partial charge on any atom is 0.472 e. The van der Waals surface area contributed by atoms with Gasteiger partial charge in [-0.3, -0.25) is 18.6 Å². The first-order chi connectivity index (χ1) is 28.2. The molecule has 11 heteroatoms. The normalized spacial score (nSPS) is 14.7. The van der Waals surface area contributed by atoms with Crippen molar-refractivity contribution < 1.29 is 42.7 Å². The molecule has 0 heterocycles. The first-order valence-corrected chi connectivity index (χ1v) is 23.6. The van der Waals surface area contributed by atoms with Crippen LogP contribution in [0.1, 0.15) is 162 Å². The predicted octanol–water partition coefficient (Wildman–Crippen LogP) is 12.4. The standard InChI is InChI=1S/C47H80NO9P/c1-3-5-7-9-11-13-15-17-19-21-22-23-25-27-29-31-33-35-37-39-46(49)57-44(42-55-58(52,53)56-43-45(48)47(50)51)41-54-40-38-36-34-32-30-28-26-24-20-18-16-14-12-10-8-6-4-2/h5,7,11,13-14,16-17,19-20,22-24,27,29,44-45H,3-4,6,8-10,12,15,18,21,25-26,28,30-43,48H2,1-2H3,(H,50,51)(H,52,53)/b7-5-,13-11-,16-14-,19-17-,23-22-,24-20-,29-27-. The molecule has 0 aliphatic heterocycles. The highest BCUT2D eigenvalue weighted by molar-refractivity contribution is 7.47. The largest absolute Gasteiger partial charge is 0.480 e. The van der Waals surface area contributed by atoms with Crippen molar-refractivity contribution in [3.05, 3.63) is 85.1 Å². The fourth-order valence-electron chi connectivity index (χ4n) is 5.48. The topological polar surface area (TPSA) is 155 Å². The lowest BCUT2D eigenvalue weighted by Crippen LogP contribution is -2.34. The van der Waals surface area contributed by atoms with Gasteiger partial charge in [-0.2, -0.15) is 0 Å². The van der Waals surface area contributed by atoms with E-state index < -0.39 is 45.1 Å². The van der Waals surface area contributed by atoms with Crippen LogP contribution < -0.4 is 5.73 Å². The molecule has 332 valence electrons. The molecule has 4 N–H and O–H groups in total. The molecule has 0 aromatic rings. The SMILES string of the molecule is CC/C=C\C/C=C\C/C=C\C/C=C\C/C=C\CCCCCC(=O)OC(COCCCCCCCC/C=C\C/C=C\CCCCCC)COP(=O)(O)OCC(N)C(=O)O. The van der Waals surface area contributed by atoms with E-state index in [1.54, 1.807) is 0 Å². The maximum absolute atomic E-state index is 12.6. The first-order valence-electron chi connectivity index (χ1n) is 22.1. The average molecular weight is 834 g/mol. The molecule has 0 fully saturated rings. The van der Waals surface area contributed by atoms with E-state index >= 15 is 0 Å². The summed E-state index contributed by atoms with van der Waals surface area (Å²) in [6.45, 7) is 3.67. The molecule has 0 radical (unpaired) electrons. The molecule has 10 nitrogen and oxygen atoms in total. The lowest BCUT2D eigenvalue weighted by atomic mass is 10.1. The zero-order valence-electron chi connectivity index (χ0n) is 36.1. The number of carboxylic acid groups (broad SMARTS) is 1. The molecular weight excluding hydrogens is 753 g/mol. The molecule has 0 rings (SSSR count). The average Bonchev–Trinajstić information content (AvgIpc) is 3.20. The summed E-state index contributed by atoms with van der Waals surface area (Å²) in [4.78, 5) is 33.6. The lowest BCUT2D eigenvalue weighted by Gasteiger charge is -2.20. The van der Waals surface area contributed by atoms with E-state index in [4.69, 9.17) is 29.4 Å². The number of phosphoric acid groups is 1. The van der Waals surface area contributed by atoms with Gasteiger partial charge in [-0.25, -0.2) is 4.57 Å². The Balaban J connectivity index is 4.35. The number of hydrogen-bond acceptors (Lipinski definition) is 8. The minimum Gasteiger partial charge on any atom is -0.480 e. The third kappa shape index (κ3) is 41.3. The summed E-state index contributed by atoms with van der Waals surface area (Å²) in [5.74, 6) is -1.82. The van der Waals surface area contributed by atoms with Crippen molar-refractivity contribution in [2.24, 2.45) is 5.73 Å². The number of aliphatic carboxylic acids is 1. The van der Waals surface area contributed by atoms with Crippen LogP contribution in [0, 0.1) is 0 Å². The molecule has 0 amide bonds. The minimum absolute atomic E-state index is 0.00910. The van der Waals surface area contributed by atoms with E-state index in [1.165, 1.54) is 51.4 Å². The Morgan fingerprint density at radius 2 is 1.00 bits per heavy atom. The molecule has 3 atom stereocenters. The van der Waals surface area contributed by atoms with Crippen LogP contribution in [0.5, 0.6) is 0 Å². The second kappa shape index (κ2) is 42.3. The zero-order valence-corrected chi connectivity index (χ0v) is 37.0. The van der Waals surface area contributed by atoms with Crippen molar-refractivity contribution in [3.63, 3.8) is 0 Å². The van der Waals surface area contributed by atoms with Crippen LogP contribution in [0.25, 0.3) is 0 Å². The van der Waals surface area contributed by atoms with Gasteiger partial charge in [0.15, 0.2) is 0 Å². The molecule has 3 unspecified atom stereocenters. The van der Waals surface area contributed by atoms with E-state index in [9.17, 15) is 19.0 Å². The molecule has 0 aromatic heterocycles. The summed E-state index contributed by atoms with van der Waals surface area (Å²) in [7, 11) is -4.64. The van der Waals surface area contributed by atoms with Crippen LogP contribution in [0.4, 0.5) is 0 Å². The number of phosphoric ester groups is 1. The van der Waals surface area contributed by atoms with Crippen LogP contribution in [0.3, 0.4) is 0 Å². The molecule has 0 saturated heterocycles. The maximum atomic E-state index is 12.6. The molecule has 58 heavy (non-hydrogen) atoms. The lowest BCUT2D eigenvalue weighted by molar-refractivity contribution is -0.154. The second-order valence-electron chi connectivity index (χ2n) is 14.4. The van der Waals surface area contributed by atoms with Gasteiger partial charge in [-0.1, -0.05) is 150 Å². The number of carbonyl (C=O) groups is 2. The number of carboxylic acids is 1. The third-order valence-electron chi connectivity index (χ3n) is 8.91. The van der Waals surface area contributed by atoms with Gasteiger partial charge in [0, 0.05) is 13.0 Å². The van der Waals surface area contributed by atoms with E-state index in [-0.39, 0.29) is 13.0 Å². The van der Waals surface area contributed by atoms with Gasteiger partial charge < -0.3 is 25.2 Å². The molecule has 0 aromatic carbocycles. The van der Waals surface area contributed by atoms with Crippen molar-refractivity contribution in [2.75, 3.05) is 26.4 Å². The third-order valence-corrected chi connectivity index (χ3v) is 9.86. The molecule has 0 aliphatic rings. The van der Waals surface area contributed by atoms with Gasteiger partial charge in [-0.05, 0) is 89.9 Å². The van der Waals surface area contributed by atoms with Crippen molar-refractivity contribution >= 4 is 19.8 Å². The molecule has 0 saturated carbocycles. The van der Waals surface area contributed by atoms with Crippen LogP contribution in [0.2, 0.25) is 0 Å².